The largest absolute Gasteiger partial charge is 0.458 e. The van der Waals surface area contributed by atoms with E-state index in [1.807, 2.05) is 54.6 Å². The number of carbonyl (C=O) groups excluding carboxylic acids is 2. The fourth-order valence-corrected chi connectivity index (χ4v) is 7.14. The van der Waals surface area contributed by atoms with Gasteiger partial charge in [-0.1, -0.05) is 107 Å². The molecule has 0 radical (unpaired) electrons. The van der Waals surface area contributed by atoms with Gasteiger partial charge in [0.2, 0.25) is 0 Å². The average Bonchev–Trinajstić information content (AvgIpc) is 3.08. The third-order valence-electron chi connectivity index (χ3n) is 10.1. The van der Waals surface area contributed by atoms with Gasteiger partial charge >= 0.3 is 11.9 Å². The van der Waals surface area contributed by atoms with Crippen molar-refractivity contribution in [3.63, 3.8) is 0 Å². The summed E-state index contributed by atoms with van der Waals surface area (Å²) < 4.78 is 11.6. The molecule has 0 amide bonds. The molecule has 0 saturated heterocycles. The van der Waals surface area contributed by atoms with Crippen molar-refractivity contribution in [2.75, 3.05) is 6.61 Å². The maximum atomic E-state index is 13.2. The van der Waals surface area contributed by atoms with Crippen LogP contribution in [0, 0.1) is 11.8 Å². The van der Waals surface area contributed by atoms with Gasteiger partial charge in [-0.3, -0.25) is 0 Å². The SMILES string of the molecule is CCCCCC1CCC(c2ccc(C(=O)OC(COC(=O)c3ccc(C4CCC(C)CC4)cc3)c3ccccc3)cc2)CC1. The van der Waals surface area contributed by atoms with E-state index >= 15 is 0 Å². The predicted molar refractivity (Wildman–Crippen MR) is 177 cm³/mol. The highest BCUT2D eigenvalue weighted by atomic mass is 16.6. The van der Waals surface area contributed by atoms with Crippen molar-refractivity contribution in [1.82, 2.24) is 0 Å². The number of hydrogen-bond donors (Lipinski definition) is 0. The second kappa shape index (κ2) is 16.1. The first-order chi connectivity index (χ1) is 21.5. The molecule has 2 saturated carbocycles. The van der Waals surface area contributed by atoms with Crippen LogP contribution in [0.25, 0.3) is 0 Å². The second-order valence-corrected chi connectivity index (χ2v) is 13.3. The lowest BCUT2D eigenvalue weighted by Gasteiger charge is -2.29. The first-order valence-corrected chi connectivity index (χ1v) is 17.1. The molecule has 3 aromatic rings. The molecule has 2 aliphatic rings. The van der Waals surface area contributed by atoms with Gasteiger partial charge in [-0.2, -0.15) is 0 Å². The highest BCUT2D eigenvalue weighted by Crippen LogP contribution is 2.38. The maximum absolute atomic E-state index is 13.2. The van der Waals surface area contributed by atoms with E-state index < -0.39 is 18.0 Å². The van der Waals surface area contributed by atoms with E-state index in [1.54, 1.807) is 0 Å². The van der Waals surface area contributed by atoms with E-state index in [1.165, 1.54) is 88.2 Å². The van der Waals surface area contributed by atoms with Gasteiger partial charge in [-0.05, 0) is 103 Å². The second-order valence-electron chi connectivity index (χ2n) is 13.3. The van der Waals surface area contributed by atoms with Crippen LogP contribution in [0.2, 0.25) is 0 Å². The third kappa shape index (κ3) is 8.83. The number of carbonyl (C=O) groups is 2. The molecule has 4 heteroatoms. The van der Waals surface area contributed by atoms with Crippen molar-refractivity contribution in [1.29, 1.82) is 0 Å². The van der Waals surface area contributed by atoms with Crippen molar-refractivity contribution in [3.05, 3.63) is 107 Å². The van der Waals surface area contributed by atoms with Gasteiger partial charge in [0.15, 0.2) is 6.10 Å². The molecule has 44 heavy (non-hydrogen) atoms. The van der Waals surface area contributed by atoms with E-state index in [2.05, 4.69) is 38.1 Å². The zero-order chi connectivity index (χ0) is 30.7. The van der Waals surface area contributed by atoms with Gasteiger partial charge in [0.25, 0.3) is 0 Å². The first-order valence-electron chi connectivity index (χ1n) is 17.1. The van der Waals surface area contributed by atoms with Crippen LogP contribution in [0.4, 0.5) is 0 Å². The zero-order valence-corrected chi connectivity index (χ0v) is 26.7. The molecule has 4 nitrogen and oxygen atoms in total. The fraction of sp³-hybridized carbons (Fsp3) is 0.500. The number of esters is 2. The smallest absolute Gasteiger partial charge is 0.338 e. The Labute approximate surface area is 264 Å². The van der Waals surface area contributed by atoms with Crippen molar-refractivity contribution < 1.29 is 19.1 Å². The number of rotatable bonds is 12. The zero-order valence-electron chi connectivity index (χ0n) is 26.7. The summed E-state index contributed by atoms with van der Waals surface area (Å²) in [6.45, 7) is 4.55. The standard InChI is InChI=1S/C40H50O4/c1-3-4-6-9-30-14-18-32(19-15-30)34-22-26-37(27-23-34)40(42)44-38(35-10-7-5-8-11-35)28-43-39(41)36-24-20-33(21-25-36)31-16-12-29(2)13-17-31/h5,7-8,10-11,20-27,29-32,38H,3-4,6,9,12-19,28H2,1-2H3. The molecular formula is C40H50O4. The van der Waals surface area contributed by atoms with Gasteiger partial charge < -0.3 is 9.47 Å². The monoisotopic (exact) mass is 594 g/mol. The summed E-state index contributed by atoms with van der Waals surface area (Å²) >= 11 is 0. The fourth-order valence-electron chi connectivity index (χ4n) is 7.14. The van der Waals surface area contributed by atoms with Crippen LogP contribution in [0.1, 0.15) is 146 Å². The Kier molecular flexibility index (Phi) is 11.7. The summed E-state index contributed by atoms with van der Waals surface area (Å²) in [5, 5.41) is 0. The van der Waals surface area contributed by atoms with Crippen LogP contribution in [-0.4, -0.2) is 18.5 Å². The summed E-state index contributed by atoms with van der Waals surface area (Å²) in [7, 11) is 0. The molecule has 2 aliphatic carbocycles. The Morgan fingerprint density at radius 3 is 1.80 bits per heavy atom. The lowest BCUT2D eigenvalue weighted by atomic mass is 9.77. The van der Waals surface area contributed by atoms with Crippen LogP contribution in [-0.2, 0) is 9.47 Å². The summed E-state index contributed by atoms with van der Waals surface area (Å²) in [6.07, 6.45) is 14.7. The number of hydrogen-bond acceptors (Lipinski definition) is 4. The number of unbranched alkanes of at least 4 members (excludes halogenated alkanes) is 2. The number of ether oxygens (including phenoxy) is 2. The molecular weight excluding hydrogens is 544 g/mol. The van der Waals surface area contributed by atoms with Crippen molar-refractivity contribution >= 4 is 11.9 Å². The Morgan fingerprint density at radius 1 is 0.682 bits per heavy atom. The molecule has 1 atom stereocenters. The number of benzene rings is 3. The highest BCUT2D eigenvalue weighted by Gasteiger charge is 2.24. The molecule has 0 spiro atoms. The van der Waals surface area contributed by atoms with Gasteiger partial charge in [-0.25, -0.2) is 9.59 Å². The molecule has 0 aromatic heterocycles. The summed E-state index contributed by atoms with van der Waals surface area (Å²) in [5.41, 5.74) is 4.43. The molecule has 3 aromatic carbocycles. The molecule has 234 valence electrons. The van der Waals surface area contributed by atoms with Crippen LogP contribution in [0.15, 0.2) is 78.9 Å². The minimum atomic E-state index is -0.696. The lowest BCUT2D eigenvalue weighted by Crippen LogP contribution is -2.19. The summed E-state index contributed by atoms with van der Waals surface area (Å²) in [5.74, 6) is 2.01. The Balaban J connectivity index is 1.16. The maximum Gasteiger partial charge on any atom is 0.338 e. The van der Waals surface area contributed by atoms with Gasteiger partial charge in [-0.15, -0.1) is 0 Å². The summed E-state index contributed by atoms with van der Waals surface area (Å²) in [6, 6.07) is 25.3. The van der Waals surface area contributed by atoms with Gasteiger partial charge in [0.05, 0.1) is 11.1 Å². The van der Waals surface area contributed by atoms with Crippen LogP contribution in [0.3, 0.4) is 0 Å². The Morgan fingerprint density at radius 2 is 1.23 bits per heavy atom. The Hall–Kier alpha value is -3.40. The molecule has 0 bridgehead atoms. The molecule has 2 fully saturated rings. The summed E-state index contributed by atoms with van der Waals surface area (Å²) in [4.78, 5) is 26.2. The van der Waals surface area contributed by atoms with E-state index in [0.29, 0.717) is 23.0 Å². The minimum absolute atomic E-state index is 0.0452. The van der Waals surface area contributed by atoms with Gasteiger partial charge in [0.1, 0.15) is 6.61 Å². The van der Waals surface area contributed by atoms with E-state index in [0.717, 1.165) is 17.4 Å². The molecule has 0 N–H and O–H groups in total. The molecule has 0 aliphatic heterocycles. The molecule has 1 unspecified atom stereocenters. The minimum Gasteiger partial charge on any atom is -0.458 e. The predicted octanol–water partition coefficient (Wildman–Crippen LogP) is 10.6. The van der Waals surface area contributed by atoms with Crippen LogP contribution >= 0.6 is 0 Å². The van der Waals surface area contributed by atoms with Crippen molar-refractivity contribution in [2.24, 2.45) is 11.8 Å². The van der Waals surface area contributed by atoms with E-state index in [-0.39, 0.29) is 6.61 Å². The molecule has 0 heterocycles. The first kappa shape index (κ1) is 32.0. The average molecular weight is 595 g/mol. The third-order valence-corrected chi connectivity index (χ3v) is 10.1. The van der Waals surface area contributed by atoms with Crippen molar-refractivity contribution in [3.8, 4) is 0 Å². The molecule has 5 rings (SSSR count). The van der Waals surface area contributed by atoms with Crippen molar-refractivity contribution in [2.45, 2.75) is 109 Å². The highest BCUT2D eigenvalue weighted by molar-refractivity contribution is 5.90. The Bertz CT molecular complexity index is 1300. The van der Waals surface area contributed by atoms with Crippen LogP contribution < -0.4 is 0 Å². The topological polar surface area (TPSA) is 52.6 Å². The van der Waals surface area contributed by atoms with Gasteiger partial charge in [0, 0.05) is 0 Å². The normalized spacial score (nSPS) is 22.6. The van der Waals surface area contributed by atoms with E-state index in [9.17, 15) is 9.59 Å². The quantitative estimate of drug-likeness (QED) is 0.155. The van der Waals surface area contributed by atoms with Crippen LogP contribution in [0.5, 0.6) is 0 Å². The lowest BCUT2D eigenvalue weighted by molar-refractivity contribution is -0.00134. The van der Waals surface area contributed by atoms with E-state index in [4.69, 9.17) is 9.47 Å².